The van der Waals surface area contributed by atoms with E-state index in [0.29, 0.717) is 12.4 Å². The van der Waals surface area contributed by atoms with Crippen LogP contribution in [-0.2, 0) is 15.3 Å². The Kier molecular flexibility index (Phi) is 17.6. The summed E-state index contributed by atoms with van der Waals surface area (Å²) in [5.74, 6) is 0.115. The van der Waals surface area contributed by atoms with Gasteiger partial charge in [-0.1, -0.05) is 151 Å². The zero-order valence-corrected chi connectivity index (χ0v) is 27.3. The number of methoxy groups -OCH3 is 1. The first-order chi connectivity index (χ1) is 21.7. The summed E-state index contributed by atoms with van der Waals surface area (Å²) in [5.41, 5.74) is 1.66. The Bertz CT molecular complexity index is 1050. The topological polar surface area (TPSA) is 57.2 Å². The van der Waals surface area contributed by atoms with Gasteiger partial charge >= 0.3 is 0 Å². The molecule has 1 atom stereocenters. The molecule has 242 valence electrons. The van der Waals surface area contributed by atoms with Gasteiger partial charge in [0.1, 0.15) is 17.6 Å². The van der Waals surface area contributed by atoms with E-state index in [2.05, 4.69) is 6.92 Å². The highest BCUT2D eigenvalue weighted by atomic mass is 16.7. The van der Waals surface area contributed by atoms with Crippen LogP contribution in [0.5, 0.6) is 11.5 Å². The molecule has 0 saturated heterocycles. The van der Waals surface area contributed by atoms with E-state index in [1.165, 1.54) is 83.5 Å². The Morgan fingerprint density at radius 3 is 1.50 bits per heavy atom. The molecule has 3 rings (SSSR count). The quantitative estimate of drug-likeness (QED) is 0.0770. The van der Waals surface area contributed by atoms with Gasteiger partial charge in [-0.2, -0.15) is 0 Å². The summed E-state index contributed by atoms with van der Waals surface area (Å²) in [4.78, 5) is 0. The molecule has 5 heteroatoms. The van der Waals surface area contributed by atoms with Crippen LogP contribution in [0.1, 0.15) is 108 Å². The van der Waals surface area contributed by atoms with Crippen molar-refractivity contribution in [3.8, 4) is 11.5 Å². The van der Waals surface area contributed by atoms with Gasteiger partial charge in [-0.05, 0) is 30.7 Å². The SMILES string of the molecule is CCCCCCCCCCCCCCCCOCC(O)COC(Oc1ccc(OC)cc1)(c1ccccc1)c1ccccc1. The Labute approximate surface area is 266 Å². The highest BCUT2D eigenvalue weighted by Crippen LogP contribution is 2.37. The molecule has 0 spiro atoms. The summed E-state index contributed by atoms with van der Waals surface area (Å²) in [5, 5.41) is 10.8. The molecule has 0 radical (unpaired) electrons. The minimum absolute atomic E-state index is 0.0542. The van der Waals surface area contributed by atoms with Crippen LogP contribution in [0, 0.1) is 0 Å². The normalized spacial score (nSPS) is 12.2. The fourth-order valence-electron chi connectivity index (χ4n) is 5.49. The van der Waals surface area contributed by atoms with Crippen molar-refractivity contribution in [2.45, 2.75) is 109 Å². The van der Waals surface area contributed by atoms with Crippen LogP contribution in [0.3, 0.4) is 0 Å². The molecule has 3 aromatic carbocycles. The van der Waals surface area contributed by atoms with Crippen LogP contribution >= 0.6 is 0 Å². The summed E-state index contributed by atoms with van der Waals surface area (Å²) in [6, 6.07) is 27.1. The molecule has 44 heavy (non-hydrogen) atoms. The second-order valence-corrected chi connectivity index (χ2v) is 11.8. The molecule has 0 heterocycles. The zero-order valence-electron chi connectivity index (χ0n) is 27.3. The van der Waals surface area contributed by atoms with Gasteiger partial charge < -0.3 is 24.1 Å². The molecule has 0 saturated carbocycles. The van der Waals surface area contributed by atoms with Gasteiger partial charge in [0.25, 0.3) is 5.79 Å². The Morgan fingerprint density at radius 1 is 0.568 bits per heavy atom. The van der Waals surface area contributed by atoms with E-state index >= 15 is 0 Å². The molecule has 0 fully saturated rings. The number of aliphatic hydroxyl groups excluding tert-OH is 1. The summed E-state index contributed by atoms with van der Waals surface area (Å²) in [7, 11) is 1.64. The van der Waals surface area contributed by atoms with Crippen molar-refractivity contribution in [1.29, 1.82) is 0 Å². The third-order valence-electron chi connectivity index (χ3n) is 8.06. The van der Waals surface area contributed by atoms with Gasteiger partial charge in [-0.15, -0.1) is 0 Å². The predicted octanol–water partition coefficient (Wildman–Crippen LogP) is 9.85. The Balaban J connectivity index is 1.40. The standard InChI is InChI=1S/C39H56O5/c1-3-4-5-6-7-8-9-10-11-12-13-14-15-22-31-42-32-36(40)33-43-39(34-23-18-16-19-24-34,35-25-20-17-21-26-35)44-38-29-27-37(41-2)28-30-38/h16-21,23-30,36,40H,3-15,22,31-33H2,1-2H3. The van der Waals surface area contributed by atoms with E-state index in [1.807, 2.05) is 84.9 Å². The van der Waals surface area contributed by atoms with Crippen LogP contribution in [0.15, 0.2) is 84.9 Å². The number of ether oxygens (including phenoxy) is 4. The number of benzene rings is 3. The number of unbranched alkanes of at least 4 members (excludes halogenated alkanes) is 13. The van der Waals surface area contributed by atoms with Crippen LogP contribution in [0.4, 0.5) is 0 Å². The lowest BCUT2D eigenvalue weighted by Gasteiger charge is -2.36. The van der Waals surface area contributed by atoms with E-state index in [9.17, 15) is 5.11 Å². The summed E-state index contributed by atoms with van der Waals surface area (Å²) in [6.45, 7) is 3.21. The molecule has 0 amide bonds. The van der Waals surface area contributed by atoms with Crippen molar-refractivity contribution in [1.82, 2.24) is 0 Å². The van der Waals surface area contributed by atoms with E-state index < -0.39 is 11.9 Å². The first-order valence-electron chi connectivity index (χ1n) is 17.0. The Hall–Kier alpha value is -2.86. The molecule has 0 aliphatic carbocycles. The molecule has 0 aliphatic rings. The highest BCUT2D eigenvalue weighted by molar-refractivity contribution is 5.38. The fraction of sp³-hybridized carbons (Fsp3) is 0.538. The lowest BCUT2D eigenvalue weighted by atomic mass is 9.96. The average Bonchev–Trinajstić information content (AvgIpc) is 3.07. The summed E-state index contributed by atoms with van der Waals surface area (Å²) in [6.07, 6.45) is 17.8. The fourth-order valence-corrected chi connectivity index (χ4v) is 5.49. The van der Waals surface area contributed by atoms with Crippen LogP contribution in [0.2, 0.25) is 0 Å². The van der Waals surface area contributed by atoms with E-state index in [1.54, 1.807) is 7.11 Å². The zero-order chi connectivity index (χ0) is 31.1. The Morgan fingerprint density at radius 2 is 1.02 bits per heavy atom. The van der Waals surface area contributed by atoms with Crippen LogP contribution in [-0.4, -0.2) is 38.1 Å². The molecule has 3 aromatic rings. The van der Waals surface area contributed by atoms with Gasteiger partial charge in [0.05, 0.1) is 20.3 Å². The number of rotatable bonds is 25. The van der Waals surface area contributed by atoms with Gasteiger partial charge in [0, 0.05) is 17.7 Å². The molecule has 0 bridgehead atoms. The van der Waals surface area contributed by atoms with Crippen molar-refractivity contribution in [3.63, 3.8) is 0 Å². The molecule has 0 aliphatic heterocycles. The number of aliphatic hydroxyl groups is 1. The van der Waals surface area contributed by atoms with Gasteiger partial charge in [-0.25, -0.2) is 0 Å². The highest BCUT2D eigenvalue weighted by Gasteiger charge is 2.39. The maximum atomic E-state index is 10.8. The number of hydrogen-bond donors (Lipinski definition) is 1. The monoisotopic (exact) mass is 604 g/mol. The third kappa shape index (κ3) is 13.0. The van der Waals surface area contributed by atoms with Gasteiger partial charge in [0.2, 0.25) is 0 Å². The smallest absolute Gasteiger partial charge is 0.264 e. The predicted molar refractivity (Wildman–Crippen MR) is 180 cm³/mol. The van der Waals surface area contributed by atoms with Crippen molar-refractivity contribution in [3.05, 3.63) is 96.1 Å². The van der Waals surface area contributed by atoms with Crippen molar-refractivity contribution < 1.29 is 24.1 Å². The van der Waals surface area contributed by atoms with Crippen LogP contribution < -0.4 is 9.47 Å². The summed E-state index contributed by atoms with van der Waals surface area (Å²) >= 11 is 0. The van der Waals surface area contributed by atoms with E-state index in [4.69, 9.17) is 18.9 Å². The van der Waals surface area contributed by atoms with Gasteiger partial charge in [-0.3, -0.25) is 0 Å². The third-order valence-corrected chi connectivity index (χ3v) is 8.06. The van der Waals surface area contributed by atoms with Crippen LogP contribution in [0.25, 0.3) is 0 Å². The maximum Gasteiger partial charge on any atom is 0.264 e. The molecule has 0 aromatic heterocycles. The maximum absolute atomic E-state index is 10.8. The molecule has 5 nitrogen and oxygen atoms in total. The molecular weight excluding hydrogens is 548 g/mol. The van der Waals surface area contributed by atoms with Gasteiger partial charge in [0.15, 0.2) is 0 Å². The minimum atomic E-state index is -1.26. The number of hydrogen-bond acceptors (Lipinski definition) is 5. The average molecular weight is 605 g/mol. The molecule has 1 N–H and O–H groups in total. The second kappa shape index (κ2) is 21.8. The largest absolute Gasteiger partial charge is 0.497 e. The van der Waals surface area contributed by atoms with Crippen molar-refractivity contribution in [2.75, 3.05) is 26.9 Å². The summed E-state index contributed by atoms with van der Waals surface area (Å²) < 4.78 is 24.3. The first-order valence-corrected chi connectivity index (χ1v) is 17.0. The van der Waals surface area contributed by atoms with E-state index in [0.717, 1.165) is 23.3 Å². The molecular formula is C39H56O5. The second-order valence-electron chi connectivity index (χ2n) is 11.8. The van der Waals surface area contributed by atoms with E-state index in [-0.39, 0.29) is 13.2 Å². The lowest BCUT2D eigenvalue weighted by molar-refractivity contribution is -0.181. The molecule has 1 unspecified atom stereocenters. The minimum Gasteiger partial charge on any atom is -0.497 e. The van der Waals surface area contributed by atoms with Crippen molar-refractivity contribution >= 4 is 0 Å². The lowest BCUT2D eigenvalue weighted by Crippen LogP contribution is -2.40. The van der Waals surface area contributed by atoms with Crippen molar-refractivity contribution in [2.24, 2.45) is 0 Å². The first kappa shape index (κ1) is 35.6.